The standard InChI is InChI=1S/C83H104N14O21/c1-52(2)45-66-75(105)92-63(37-42-86-80(110)115-48-57-27-15-7-16-28-57)71(101)91-65(39-44-88-82(112)117-50-59-31-19-9-20-32-59)74(104)96-68(53(3)98)77(107)84-40-35-61(73(103)95-67(76(106)94-66)46-55-23-11-5-12-24-55)89-70(100)62(36-41-85-79(109)114-47-56-25-13-6-14-26-56)90-72(102)64(38-43-87-81(111)116-49-58-29-17-8-18-30-58)93-78(108)69(54(4)99)97-83(113)118-51-60-33-21-10-22-34-60/h5-34,52-54,61-69,98-99H,35-51H2,1-4H3,(H,84,107)(H,85,109)(H,86,110)(H,87,111)(H,88,112)(H,89,100)(H,90,102)(H,91,101)(H,92,105)(H,93,108)(H,94,106)(H,95,103)(H,96,104)(H,97,113)/t53-,54-,61+,62+,63+,64+,65+,66+,67-,68+,69+/m1/s1. The molecule has 0 bridgehead atoms. The number of aliphatic hydroxyl groups is 2. The summed E-state index contributed by atoms with van der Waals surface area (Å²) >= 11 is 0. The predicted molar refractivity (Wildman–Crippen MR) is 427 cm³/mol. The van der Waals surface area contributed by atoms with Crippen LogP contribution in [0.15, 0.2) is 182 Å². The minimum atomic E-state index is -1.87. The van der Waals surface area contributed by atoms with Crippen molar-refractivity contribution in [1.82, 2.24) is 74.4 Å². The molecule has 35 heteroatoms. The van der Waals surface area contributed by atoms with Gasteiger partial charge in [0.25, 0.3) is 0 Å². The van der Waals surface area contributed by atoms with Crippen LogP contribution in [0.2, 0.25) is 0 Å². The van der Waals surface area contributed by atoms with E-state index in [1.807, 2.05) is 0 Å². The lowest BCUT2D eigenvalue weighted by atomic mass is 10.00. The van der Waals surface area contributed by atoms with Crippen LogP contribution in [0, 0.1) is 5.92 Å². The number of hydrogen-bond acceptors (Lipinski definition) is 21. The van der Waals surface area contributed by atoms with Gasteiger partial charge < -0.3 is 108 Å². The fraction of sp³-hybridized carbons (Fsp3) is 0.398. The number of amides is 14. The first-order chi connectivity index (χ1) is 56.8. The van der Waals surface area contributed by atoms with Gasteiger partial charge in [-0.2, -0.15) is 0 Å². The Labute approximate surface area is 682 Å². The van der Waals surface area contributed by atoms with Crippen LogP contribution in [0.3, 0.4) is 0 Å². The van der Waals surface area contributed by atoms with Crippen molar-refractivity contribution in [3.63, 3.8) is 0 Å². The monoisotopic (exact) mass is 1630 g/mol. The van der Waals surface area contributed by atoms with Crippen LogP contribution >= 0.6 is 0 Å². The third kappa shape index (κ3) is 33.7. The second-order valence-corrected chi connectivity index (χ2v) is 28.1. The summed E-state index contributed by atoms with van der Waals surface area (Å²) in [5, 5.41) is 57.8. The third-order valence-electron chi connectivity index (χ3n) is 18.1. The van der Waals surface area contributed by atoms with E-state index in [1.54, 1.807) is 196 Å². The molecule has 0 spiro atoms. The van der Waals surface area contributed by atoms with Gasteiger partial charge in [-0.05, 0) is 91.7 Å². The maximum atomic E-state index is 15.4. The fourth-order valence-electron chi connectivity index (χ4n) is 11.8. The average molecular weight is 1630 g/mol. The Hall–Kier alpha value is -13.2. The van der Waals surface area contributed by atoms with E-state index in [0.717, 1.165) is 6.92 Å². The molecule has 0 aromatic heterocycles. The Balaban J connectivity index is 1.23. The zero-order valence-electron chi connectivity index (χ0n) is 65.9. The van der Waals surface area contributed by atoms with Crippen LogP contribution in [-0.2, 0) is 106 Å². The SMILES string of the molecule is CC(C)C[C@@H]1NC(=O)[C@@H](Cc2ccccc2)NC(=O)[C@@H](NC(=O)[C@H](CCNC(=O)OCc2ccccc2)NC(=O)[C@H](CCNC(=O)OCc2ccccc2)NC(=O)[C@@H](NC(=O)OCc2ccccc2)[C@@H](C)O)CCNC(=O)[C@H]([C@@H](C)O)NC(=O)[C@H](CCNC(=O)OCc2ccccc2)NC(=O)[C@H](CCNC(=O)OCc2ccccc2)NC1=O. The minimum absolute atomic E-state index is 0.102. The molecule has 1 aliphatic heterocycles. The number of carbonyl (C=O) groups excluding carboxylic acids is 14. The van der Waals surface area contributed by atoms with Crippen molar-refractivity contribution in [3.8, 4) is 0 Å². The van der Waals surface area contributed by atoms with Crippen LogP contribution in [0.4, 0.5) is 24.0 Å². The summed E-state index contributed by atoms with van der Waals surface area (Å²) in [6, 6.07) is 35.8. The van der Waals surface area contributed by atoms with Gasteiger partial charge in [0.1, 0.15) is 87.4 Å². The van der Waals surface area contributed by atoms with Crippen molar-refractivity contribution in [2.75, 3.05) is 32.7 Å². The summed E-state index contributed by atoms with van der Waals surface area (Å²) in [4.78, 5) is 200. The largest absolute Gasteiger partial charge is 0.445 e. The summed E-state index contributed by atoms with van der Waals surface area (Å²) in [6.45, 7) is 2.76. The first-order valence-corrected chi connectivity index (χ1v) is 38.6. The van der Waals surface area contributed by atoms with E-state index >= 15 is 19.2 Å². The quantitative estimate of drug-likeness (QED) is 0.0254. The molecule has 1 aliphatic rings. The number of alkyl carbamates (subject to hydrolysis) is 5. The summed E-state index contributed by atoms with van der Waals surface area (Å²) in [5.74, 6) is -10.1. The lowest BCUT2D eigenvalue weighted by Crippen LogP contribution is -2.62. The van der Waals surface area contributed by atoms with Gasteiger partial charge >= 0.3 is 30.5 Å². The minimum Gasteiger partial charge on any atom is -0.445 e. The lowest BCUT2D eigenvalue weighted by molar-refractivity contribution is -0.137. The van der Waals surface area contributed by atoms with Gasteiger partial charge in [0.15, 0.2) is 0 Å². The second-order valence-electron chi connectivity index (χ2n) is 28.1. The van der Waals surface area contributed by atoms with E-state index in [2.05, 4.69) is 74.4 Å². The predicted octanol–water partition coefficient (Wildman–Crippen LogP) is 3.00. The van der Waals surface area contributed by atoms with E-state index in [-0.39, 0.29) is 71.3 Å². The fourth-order valence-corrected chi connectivity index (χ4v) is 11.8. The van der Waals surface area contributed by atoms with Crippen molar-refractivity contribution >= 4 is 83.6 Å². The number of ether oxygens (including phenoxy) is 5. The molecule has 11 atom stereocenters. The molecule has 118 heavy (non-hydrogen) atoms. The highest BCUT2D eigenvalue weighted by Crippen LogP contribution is 2.14. The number of hydrogen-bond donors (Lipinski definition) is 16. The van der Waals surface area contributed by atoms with Gasteiger partial charge in [0, 0.05) is 39.1 Å². The summed E-state index contributed by atoms with van der Waals surface area (Å²) < 4.78 is 26.8. The maximum Gasteiger partial charge on any atom is 0.408 e. The molecule has 35 nitrogen and oxygen atoms in total. The van der Waals surface area contributed by atoms with Gasteiger partial charge in [-0.3, -0.25) is 43.2 Å². The van der Waals surface area contributed by atoms with Gasteiger partial charge in [-0.25, -0.2) is 24.0 Å². The molecule has 1 saturated heterocycles. The molecule has 0 unspecified atom stereocenters. The smallest absolute Gasteiger partial charge is 0.408 e. The molecular weight excluding hydrogens is 1530 g/mol. The Morgan fingerprint density at radius 2 is 0.720 bits per heavy atom. The second kappa shape index (κ2) is 49.6. The molecule has 14 amide bonds. The van der Waals surface area contributed by atoms with Crippen molar-refractivity contribution in [2.24, 2.45) is 5.92 Å². The first kappa shape index (κ1) is 92.0. The molecule has 0 radical (unpaired) electrons. The molecule has 7 rings (SSSR count). The lowest BCUT2D eigenvalue weighted by Gasteiger charge is -2.30. The molecule has 0 saturated carbocycles. The average Bonchev–Trinajstić information content (AvgIpc) is 0.838. The number of carbonyl (C=O) groups is 14. The van der Waals surface area contributed by atoms with Crippen molar-refractivity contribution in [1.29, 1.82) is 0 Å². The van der Waals surface area contributed by atoms with Crippen molar-refractivity contribution in [2.45, 2.75) is 172 Å². The first-order valence-electron chi connectivity index (χ1n) is 38.6. The Bertz CT molecular complexity index is 4240. The van der Waals surface area contributed by atoms with Gasteiger partial charge in [-0.15, -0.1) is 0 Å². The van der Waals surface area contributed by atoms with Crippen molar-refractivity contribution in [3.05, 3.63) is 215 Å². The molecule has 1 fully saturated rings. The Kier molecular flexibility index (Phi) is 38.6. The highest BCUT2D eigenvalue weighted by atomic mass is 16.6. The summed E-state index contributed by atoms with van der Waals surface area (Å²) in [5.41, 5.74) is 3.60. The summed E-state index contributed by atoms with van der Waals surface area (Å²) in [7, 11) is 0. The normalized spacial score (nSPS) is 18.0. The third-order valence-corrected chi connectivity index (χ3v) is 18.1. The van der Waals surface area contributed by atoms with Gasteiger partial charge in [0.05, 0.1) is 12.2 Å². The molecule has 6 aromatic carbocycles. The van der Waals surface area contributed by atoms with Crippen LogP contribution in [0.5, 0.6) is 0 Å². The van der Waals surface area contributed by atoms with Crippen molar-refractivity contribution < 1.29 is 101 Å². The van der Waals surface area contributed by atoms with Crippen LogP contribution in [0.1, 0.15) is 99.6 Å². The Morgan fingerprint density at radius 1 is 0.381 bits per heavy atom. The molecular formula is C83H104N14O21. The van der Waals surface area contributed by atoms with Gasteiger partial charge in [-0.1, -0.05) is 196 Å². The number of nitrogens with one attached hydrogen (secondary N) is 14. The Morgan fingerprint density at radius 3 is 1.12 bits per heavy atom. The van der Waals surface area contributed by atoms with Gasteiger partial charge in [0.2, 0.25) is 53.2 Å². The zero-order chi connectivity index (χ0) is 85.1. The number of rotatable bonds is 35. The van der Waals surface area contributed by atoms with Crippen LogP contribution in [-0.4, -0.2) is 193 Å². The highest BCUT2D eigenvalue weighted by Gasteiger charge is 2.38. The molecule has 6 aromatic rings. The molecule has 1 heterocycles. The van der Waals surface area contributed by atoms with E-state index < -0.39 is 196 Å². The number of aliphatic hydroxyl groups excluding tert-OH is 2. The summed E-state index contributed by atoms with van der Waals surface area (Å²) in [6.07, 6.45) is -11.1. The zero-order valence-corrected chi connectivity index (χ0v) is 65.9. The van der Waals surface area contributed by atoms with Crippen LogP contribution < -0.4 is 74.4 Å². The van der Waals surface area contributed by atoms with E-state index in [1.165, 1.54) is 6.92 Å². The molecule has 0 aliphatic carbocycles. The van der Waals surface area contributed by atoms with E-state index in [4.69, 9.17) is 23.7 Å². The highest BCUT2D eigenvalue weighted by molar-refractivity contribution is 5.99. The van der Waals surface area contributed by atoms with Crippen LogP contribution in [0.25, 0.3) is 0 Å². The van der Waals surface area contributed by atoms with E-state index in [9.17, 15) is 58.2 Å². The topological polar surface area (TPSA) is 494 Å². The van der Waals surface area contributed by atoms with E-state index in [0.29, 0.717) is 33.4 Å². The molecule has 16 N–H and O–H groups in total. The molecule has 632 valence electrons. The maximum absolute atomic E-state index is 15.4. The number of benzene rings is 6.